The molecular weight excluding hydrogens is 977 g/mol. The Hall–Kier alpha value is -3.54. The number of benzene rings is 1. The quantitative estimate of drug-likeness (QED) is 0.0613. The third kappa shape index (κ3) is 15.8. The van der Waals surface area contributed by atoms with Crippen molar-refractivity contribution < 1.29 is 63.5 Å². The van der Waals surface area contributed by atoms with Crippen molar-refractivity contribution in [3.63, 3.8) is 0 Å². The molecule has 0 amide bonds. The summed E-state index contributed by atoms with van der Waals surface area (Å²) in [5, 5.41) is 63.0. The average Bonchev–Trinajstić information content (AvgIpc) is 3.38. The van der Waals surface area contributed by atoms with Crippen LogP contribution in [0.15, 0.2) is 54.6 Å². The molecule has 432 valence electrons. The van der Waals surface area contributed by atoms with E-state index in [0.29, 0.717) is 38.1 Å². The summed E-state index contributed by atoms with van der Waals surface area (Å²) in [6.07, 6.45) is 0.347. The van der Waals surface area contributed by atoms with Gasteiger partial charge in [0.05, 0.1) is 67.5 Å². The second-order valence-corrected chi connectivity index (χ2v) is 23.0. The number of methoxy groups -OCH3 is 2. The number of esters is 1. The van der Waals surface area contributed by atoms with E-state index in [4.69, 9.17) is 39.0 Å². The van der Waals surface area contributed by atoms with Gasteiger partial charge in [0, 0.05) is 88.2 Å². The first kappa shape index (κ1) is 63.3. The van der Waals surface area contributed by atoms with Crippen molar-refractivity contribution in [1.29, 1.82) is 0 Å². The van der Waals surface area contributed by atoms with Gasteiger partial charge in [-0.3, -0.25) is 9.78 Å². The van der Waals surface area contributed by atoms with Gasteiger partial charge in [0.2, 0.25) is 0 Å². The lowest BCUT2D eigenvalue weighted by molar-refractivity contribution is -0.308. The van der Waals surface area contributed by atoms with Gasteiger partial charge in [-0.05, 0) is 111 Å². The van der Waals surface area contributed by atoms with Crippen molar-refractivity contribution in [2.75, 3.05) is 55.1 Å². The number of ether oxygens (including phenoxy) is 7. The Bertz CT molecular complexity index is 2140. The standard InChI is InChI=1S/C57H96N6O13/c1-16-47-57(10,69)51(65)38(6)62(13)31-34(2)27-55(8,68)53(36(4)50(37(5)54(67)74-47)75-49-28-56(9,71-15)52(66)39(7)73-49)76-48-26-44(23-35(3)72-48)61(12)22-21-43(59-11)32-63(58)45(33-64)24-40-17-19-41(20-18-40)42-25-46(70-14)30-60-29-42/h17-20,25,29-30,32,34-39,44-45,47-53,59,64-66,68-69H,16,21-24,26-28,31,33,58H2,1-15H3/b43-32-/t34-,35-,36+,37-,38-,39+,44+,45+,47-,48+,49+,50+,51-,52+,53-,55-,56-,57-/m1/s1. The number of rotatable bonds is 18. The number of pyridine rings is 1. The van der Waals surface area contributed by atoms with Gasteiger partial charge in [-0.15, -0.1) is 0 Å². The number of carbonyl (C=O) groups excluding carboxylic acids is 1. The van der Waals surface area contributed by atoms with Crippen LogP contribution in [-0.2, 0) is 39.6 Å². The van der Waals surface area contributed by atoms with Gasteiger partial charge in [0.15, 0.2) is 12.6 Å². The maximum absolute atomic E-state index is 14.5. The van der Waals surface area contributed by atoms with Crippen molar-refractivity contribution >= 4 is 5.97 Å². The Morgan fingerprint density at radius 2 is 1.66 bits per heavy atom. The molecule has 0 aliphatic carbocycles. The molecule has 1 aromatic heterocycles. The molecule has 19 heteroatoms. The molecule has 5 rings (SSSR count). The number of nitrogens with two attached hydrogens (primary N) is 1. The summed E-state index contributed by atoms with van der Waals surface area (Å²) in [6.45, 7) is 19.0. The predicted octanol–water partition coefficient (Wildman–Crippen LogP) is 4.60. The molecule has 8 N–H and O–H groups in total. The topological polar surface area (TPSA) is 243 Å². The van der Waals surface area contributed by atoms with Gasteiger partial charge >= 0.3 is 5.97 Å². The lowest BCUT2D eigenvalue weighted by atomic mass is 9.77. The zero-order valence-corrected chi connectivity index (χ0v) is 48.2. The molecule has 0 spiro atoms. The van der Waals surface area contributed by atoms with Crippen LogP contribution in [0, 0.1) is 17.8 Å². The van der Waals surface area contributed by atoms with E-state index in [9.17, 15) is 30.3 Å². The third-order valence-electron chi connectivity index (χ3n) is 16.7. The van der Waals surface area contributed by atoms with Crippen LogP contribution in [0.5, 0.6) is 5.75 Å². The van der Waals surface area contributed by atoms with E-state index in [2.05, 4.69) is 22.2 Å². The van der Waals surface area contributed by atoms with Crippen molar-refractivity contribution in [2.24, 2.45) is 23.6 Å². The summed E-state index contributed by atoms with van der Waals surface area (Å²) in [5.74, 6) is 4.79. The van der Waals surface area contributed by atoms with Crippen LogP contribution in [-0.4, -0.2) is 197 Å². The molecule has 0 unspecified atom stereocenters. The maximum atomic E-state index is 14.5. The second-order valence-electron chi connectivity index (χ2n) is 23.0. The van der Waals surface area contributed by atoms with Gasteiger partial charge in [-0.25, -0.2) is 5.84 Å². The Morgan fingerprint density at radius 3 is 2.28 bits per heavy atom. The summed E-state index contributed by atoms with van der Waals surface area (Å²) in [5.41, 5.74) is -0.536. The van der Waals surface area contributed by atoms with Crippen molar-refractivity contribution in [2.45, 2.75) is 204 Å². The van der Waals surface area contributed by atoms with Crippen LogP contribution >= 0.6 is 0 Å². The zero-order valence-electron chi connectivity index (χ0n) is 48.2. The highest BCUT2D eigenvalue weighted by Crippen LogP contribution is 2.40. The smallest absolute Gasteiger partial charge is 0.311 e. The highest BCUT2D eigenvalue weighted by Gasteiger charge is 2.52. The van der Waals surface area contributed by atoms with Crippen LogP contribution in [0.2, 0.25) is 0 Å². The molecule has 3 fully saturated rings. The normalized spacial score (nSPS) is 37.2. The van der Waals surface area contributed by atoms with Gasteiger partial charge in [-0.2, -0.15) is 0 Å². The molecular formula is C57H96N6O13. The van der Waals surface area contributed by atoms with E-state index in [1.807, 2.05) is 83.2 Å². The Kier molecular flexibility index (Phi) is 23.0. The molecule has 19 nitrogen and oxygen atoms in total. The number of nitrogens with one attached hydrogen (secondary N) is 1. The maximum Gasteiger partial charge on any atom is 0.311 e. The Labute approximate surface area is 453 Å². The van der Waals surface area contributed by atoms with Crippen LogP contribution in [0.1, 0.15) is 113 Å². The van der Waals surface area contributed by atoms with Crippen LogP contribution < -0.4 is 15.9 Å². The SMILES string of the molecule is CC[C@H]1OC(=O)[C@H](C)[C@@H](O[C@H]2C[C@@](C)(OC)[C@@H](O)[C@H](C)O2)[C@H](C)[C@@H](O[C@H]2C[C@@H](N(C)CC/C(=C/N(N)[C@H](CO)Cc3ccc(-c4cncc(OC)c4)cc3)NC)C[C@@H](C)O2)[C@](C)(O)C[C@@H](C)CN(C)[C@H](C)[C@@H](O)[C@]1(C)O. The number of aromatic nitrogens is 1. The predicted molar refractivity (Wildman–Crippen MR) is 290 cm³/mol. The molecule has 3 aliphatic rings. The number of nitrogens with zero attached hydrogens (tertiary/aromatic N) is 4. The Balaban J connectivity index is 1.38. The number of hydrogen-bond acceptors (Lipinski definition) is 19. The number of aliphatic hydroxyl groups is 5. The molecule has 3 saturated heterocycles. The highest BCUT2D eigenvalue weighted by molar-refractivity contribution is 5.73. The van der Waals surface area contributed by atoms with Gasteiger partial charge in [0.1, 0.15) is 29.7 Å². The minimum atomic E-state index is -1.82. The number of hydrazine groups is 1. The summed E-state index contributed by atoms with van der Waals surface area (Å²) < 4.78 is 44.1. The van der Waals surface area contributed by atoms with E-state index in [1.54, 1.807) is 59.1 Å². The van der Waals surface area contributed by atoms with Crippen molar-refractivity contribution in [3.05, 3.63) is 60.2 Å². The van der Waals surface area contributed by atoms with Crippen molar-refractivity contribution in [3.8, 4) is 16.9 Å². The molecule has 3 aliphatic heterocycles. The number of cyclic esters (lactones) is 1. The minimum Gasteiger partial charge on any atom is -0.495 e. The van der Waals surface area contributed by atoms with E-state index < -0.39 is 89.9 Å². The van der Waals surface area contributed by atoms with Crippen LogP contribution in [0.4, 0.5) is 0 Å². The fourth-order valence-corrected chi connectivity index (χ4v) is 11.7. The van der Waals surface area contributed by atoms with E-state index in [-0.39, 0.29) is 50.0 Å². The van der Waals surface area contributed by atoms with Crippen LogP contribution in [0.25, 0.3) is 11.1 Å². The van der Waals surface area contributed by atoms with E-state index in [0.717, 1.165) is 28.8 Å². The lowest BCUT2D eigenvalue weighted by Crippen LogP contribution is -2.59. The zero-order chi connectivity index (χ0) is 56.4. The Morgan fingerprint density at radius 1 is 0.974 bits per heavy atom. The summed E-state index contributed by atoms with van der Waals surface area (Å²) in [4.78, 5) is 23.0. The molecule has 76 heavy (non-hydrogen) atoms. The number of hydrogen-bond donors (Lipinski definition) is 7. The van der Waals surface area contributed by atoms with Gasteiger partial charge in [0.25, 0.3) is 0 Å². The number of carbonyl (C=O) groups is 1. The largest absolute Gasteiger partial charge is 0.495 e. The molecule has 0 radical (unpaired) electrons. The van der Waals surface area contributed by atoms with Crippen molar-refractivity contribution in [1.82, 2.24) is 25.1 Å². The molecule has 0 saturated carbocycles. The van der Waals surface area contributed by atoms with Crippen LogP contribution in [0.3, 0.4) is 0 Å². The van der Waals surface area contributed by atoms with Gasteiger partial charge < -0.3 is 78.8 Å². The molecule has 4 heterocycles. The first-order valence-electron chi connectivity index (χ1n) is 27.4. The lowest BCUT2D eigenvalue weighted by Gasteiger charge is -2.48. The minimum absolute atomic E-state index is 0.0137. The number of aliphatic hydroxyl groups excluding tert-OH is 3. The molecule has 18 atom stereocenters. The summed E-state index contributed by atoms with van der Waals surface area (Å²) >= 11 is 0. The molecule has 2 aromatic rings. The van der Waals surface area contributed by atoms with E-state index >= 15 is 0 Å². The monoisotopic (exact) mass is 1070 g/mol. The third-order valence-corrected chi connectivity index (χ3v) is 16.7. The number of likely N-dealkylation sites (N-methyl/N-ethyl adjacent to an activating group) is 1. The van der Waals surface area contributed by atoms with E-state index in [1.165, 1.54) is 14.0 Å². The first-order valence-corrected chi connectivity index (χ1v) is 27.4. The first-order chi connectivity index (χ1) is 35.7. The highest BCUT2D eigenvalue weighted by atomic mass is 16.7. The summed E-state index contributed by atoms with van der Waals surface area (Å²) in [7, 11) is 8.93. The fourth-order valence-electron chi connectivity index (χ4n) is 11.7. The second kappa shape index (κ2) is 27.6. The van der Waals surface area contributed by atoms with Gasteiger partial charge in [-0.1, -0.05) is 45.0 Å². The fraction of sp³-hybridized carbons (Fsp3) is 0.754. The average molecular weight is 1070 g/mol. The summed E-state index contributed by atoms with van der Waals surface area (Å²) in [6, 6.07) is 9.13. The molecule has 0 bridgehead atoms. The molecule has 1 aromatic carbocycles.